The number of amides is 2. The van der Waals surface area contributed by atoms with E-state index in [1.54, 1.807) is 55.5 Å². The van der Waals surface area contributed by atoms with E-state index in [9.17, 15) is 9.59 Å². The first-order valence-electron chi connectivity index (χ1n) is 8.59. The molecule has 0 saturated carbocycles. The van der Waals surface area contributed by atoms with Crippen molar-refractivity contribution in [2.24, 2.45) is 5.41 Å². The van der Waals surface area contributed by atoms with E-state index in [2.05, 4.69) is 10.6 Å². The van der Waals surface area contributed by atoms with E-state index in [4.69, 9.17) is 10.00 Å². The lowest BCUT2D eigenvalue weighted by Gasteiger charge is -2.18. The molecule has 6 nitrogen and oxygen atoms in total. The summed E-state index contributed by atoms with van der Waals surface area (Å²) in [5.41, 5.74) is 0.978. The van der Waals surface area contributed by atoms with Crippen LogP contribution < -0.4 is 15.4 Å². The van der Waals surface area contributed by atoms with E-state index in [-0.39, 0.29) is 11.8 Å². The second kappa shape index (κ2) is 8.37. The molecule has 0 radical (unpaired) electrons. The van der Waals surface area contributed by atoms with Gasteiger partial charge in [-0.25, -0.2) is 0 Å². The molecule has 2 amide bonds. The van der Waals surface area contributed by atoms with E-state index < -0.39 is 11.5 Å². The first kappa shape index (κ1) is 20.0. The van der Waals surface area contributed by atoms with Crippen molar-refractivity contribution in [3.8, 4) is 11.8 Å². The van der Waals surface area contributed by atoms with Crippen LogP contribution in [0.1, 0.15) is 33.3 Å². The van der Waals surface area contributed by atoms with E-state index in [1.165, 1.54) is 0 Å². The highest BCUT2D eigenvalue weighted by molar-refractivity contribution is 5.97. The number of carbonyl (C=O) groups is 2. The van der Waals surface area contributed by atoms with Gasteiger partial charge in [-0.15, -0.1) is 0 Å². The normalized spacial score (nSPS) is 11.8. The second-order valence-corrected chi connectivity index (χ2v) is 7.14. The number of nitrogens with zero attached hydrogens (tertiary/aromatic N) is 1. The van der Waals surface area contributed by atoms with Gasteiger partial charge in [-0.2, -0.15) is 5.26 Å². The molecule has 2 N–H and O–H groups in total. The molecule has 1 unspecified atom stereocenters. The van der Waals surface area contributed by atoms with Crippen molar-refractivity contribution < 1.29 is 14.3 Å². The zero-order chi connectivity index (χ0) is 20.0. The Morgan fingerprint density at radius 3 is 2.30 bits per heavy atom. The Labute approximate surface area is 159 Å². The van der Waals surface area contributed by atoms with Gasteiger partial charge in [0.05, 0.1) is 5.56 Å². The molecule has 0 bridgehead atoms. The first-order chi connectivity index (χ1) is 12.7. The minimum Gasteiger partial charge on any atom is -0.480 e. The highest BCUT2D eigenvalue weighted by Crippen LogP contribution is 2.21. The van der Waals surface area contributed by atoms with E-state index in [0.29, 0.717) is 22.7 Å². The number of hydrogen-bond acceptors (Lipinski definition) is 4. The number of nitrogens with one attached hydrogen (secondary N) is 2. The maximum absolute atomic E-state index is 12.4. The third-order valence-corrected chi connectivity index (χ3v) is 3.75. The fourth-order valence-electron chi connectivity index (χ4n) is 2.14. The van der Waals surface area contributed by atoms with Gasteiger partial charge in [0.2, 0.25) is 5.91 Å². The average molecular weight is 365 g/mol. The number of anilines is 2. The Hall–Kier alpha value is -3.33. The summed E-state index contributed by atoms with van der Waals surface area (Å²) in [6, 6.07) is 15.7. The summed E-state index contributed by atoms with van der Waals surface area (Å²) in [4.78, 5) is 24.5. The van der Waals surface area contributed by atoms with Gasteiger partial charge < -0.3 is 15.4 Å². The van der Waals surface area contributed by atoms with E-state index in [0.717, 1.165) is 0 Å². The third-order valence-electron chi connectivity index (χ3n) is 3.75. The topological polar surface area (TPSA) is 91.2 Å². The Morgan fingerprint density at radius 1 is 1.04 bits per heavy atom. The van der Waals surface area contributed by atoms with Crippen LogP contribution in [0.15, 0.2) is 48.5 Å². The molecule has 0 aliphatic carbocycles. The molecule has 0 aliphatic rings. The number of para-hydroxylation sites is 1. The number of nitriles is 1. The van der Waals surface area contributed by atoms with Gasteiger partial charge in [0.15, 0.2) is 6.10 Å². The minimum absolute atomic E-state index is 0.115. The quantitative estimate of drug-likeness (QED) is 0.839. The number of ether oxygens (including phenoxy) is 1. The van der Waals surface area contributed by atoms with Gasteiger partial charge in [-0.05, 0) is 37.3 Å². The molecule has 140 valence electrons. The Bertz CT molecular complexity index is 879. The van der Waals surface area contributed by atoms with Gasteiger partial charge in [0.1, 0.15) is 11.8 Å². The highest BCUT2D eigenvalue weighted by Gasteiger charge is 2.21. The van der Waals surface area contributed by atoms with Crippen molar-refractivity contribution in [1.82, 2.24) is 0 Å². The van der Waals surface area contributed by atoms with E-state index in [1.807, 2.05) is 26.8 Å². The zero-order valence-electron chi connectivity index (χ0n) is 15.9. The lowest BCUT2D eigenvalue weighted by atomic mass is 9.95. The van der Waals surface area contributed by atoms with Crippen LogP contribution in [0, 0.1) is 16.7 Å². The fraction of sp³-hybridized carbons (Fsp3) is 0.286. The van der Waals surface area contributed by atoms with E-state index >= 15 is 0 Å². The van der Waals surface area contributed by atoms with Gasteiger partial charge >= 0.3 is 0 Å². The van der Waals surface area contributed by atoms with Crippen molar-refractivity contribution in [1.29, 1.82) is 5.26 Å². The molecule has 27 heavy (non-hydrogen) atoms. The number of rotatable bonds is 5. The summed E-state index contributed by atoms with van der Waals surface area (Å²) in [6.07, 6.45) is -0.799. The summed E-state index contributed by atoms with van der Waals surface area (Å²) < 4.78 is 5.61. The molecular weight excluding hydrogens is 342 g/mol. The summed E-state index contributed by atoms with van der Waals surface area (Å²) >= 11 is 0. The smallest absolute Gasteiger partial charge is 0.265 e. The van der Waals surface area contributed by atoms with Crippen LogP contribution in [0.4, 0.5) is 11.4 Å². The van der Waals surface area contributed by atoms with Crippen molar-refractivity contribution in [3.05, 3.63) is 54.1 Å². The van der Waals surface area contributed by atoms with Gasteiger partial charge in [0.25, 0.3) is 5.91 Å². The minimum atomic E-state index is -0.799. The Balaban J connectivity index is 2.04. The van der Waals surface area contributed by atoms with Crippen LogP contribution >= 0.6 is 0 Å². The molecule has 0 heterocycles. The van der Waals surface area contributed by atoms with Gasteiger partial charge in [-0.3, -0.25) is 9.59 Å². The molecule has 1 atom stereocenters. The number of carbonyl (C=O) groups excluding carboxylic acids is 2. The van der Waals surface area contributed by atoms with Crippen molar-refractivity contribution in [2.45, 2.75) is 33.8 Å². The van der Waals surface area contributed by atoms with Gasteiger partial charge in [-0.1, -0.05) is 39.0 Å². The third kappa shape index (κ3) is 5.58. The molecule has 0 aliphatic heterocycles. The standard InChI is InChI=1S/C21H23N3O3/c1-14(27-18-11-6-5-8-15(18)13-22)19(25)23-16-9-7-10-17(12-16)24-20(26)21(2,3)4/h5-12,14H,1-4H3,(H,23,25)(H,24,26). The predicted octanol–water partition coefficient (Wildman–Crippen LogP) is 3.95. The van der Waals surface area contributed by atoms with Crippen LogP contribution in [-0.2, 0) is 9.59 Å². The molecule has 2 aromatic carbocycles. The Morgan fingerprint density at radius 2 is 1.67 bits per heavy atom. The lowest BCUT2D eigenvalue weighted by molar-refractivity contribution is -0.123. The second-order valence-electron chi connectivity index (χ2n) is 7.14. The van der Waals surface area contributed by atoms with Crippen LogP contribution in [-0.4, -0.2) is 17.9 Å². The summed E-state index contributed by atoms with van der Waals surface area (Å²) in [5.74, 6) is -0.119. The molecule has 2 aromatic rings. The van der Waals surface area contributed by atoms with Crippen molar-refractivity contribution >= 4 is 23.2 Å². The SMILES string of the molecule is CC(Oc1ccccc1C#N)C(=O)Nc1cccc(NC(=O)C(C)(C)C)c1. The monoisotopic (exact) mass is 365 g/mol. The zero-order valence-corrected chi connectivity index (χ0v) is 15.9. The summed E-state index contributed by atoms with van der Waals surface area (Å²) in [5, 5.41) is 14.7. The number of benzene rings is 2. The van der Waals surface area contributed by atoms with Crippen LogP contribution in [0.2, 0.25) is 0 Å². The lowest BCUT2D eigenvalue weighted by Crippen LogP contribution is -2.30. The summed E-state index contributed by atoms with van der Waals surface area (Å²) in [7, 11) is 0. The average Bonchev–Trinajstić information content (AvgIpc) is 2.61. The largest absolute Gasteiger partial charge is 0.480 e. The maximum Gasteiger partial charge on any atom is 0.265 e. The van der Waals surface area contributed by atoms with Crippen molar-refractivity contribution in [3.63, 3.8) is 0 Å². The predicted molar refractivity (Wildman–Crippen MR) is 104 cm³/mol. The molecule has 2 rings (SSSR count). The first-order valence-corrected chi connectivity index (χ1v) is 8.59. The van der Waals surface area contributed by atoms with Crippen molar-refractivity contribution in [2.75, 3.05) is 10.6 Å². The molecule has 0 saturated heterocycles. The van der Waals surface area contributed by atoms with Crippen LogP contribution in [0.3, 0.4) is 0 Å². The highest BCUT2D eigenvalue weighted by atomic mass is 16.5. The summed E-state index contributed by atoms with van der Waals surface area (Å²) in [6.45, 7) is 7.08. The van der Waals surface area contributed by atoms with Crippen LogP contribution in [0.25, 0.3) is 0 Å². The number of hydrogen-bond donors (Lipinski definition) is 2. The molecule has 0 spiro atoms. The van der Waals surface area contributed by atoms with Crippen LogP contribution in [0.5, 0.6) is 5.75 Å². The molecule has 6 heteroatoms. The molecule has 0 aromatic heterocycles. The molecular formula is C21H23N3O3. The maximum atomic E-state index is 12.4. The molecule has 0 fully saturated rings. The Kier molecular flexibility index (Phi) is 6.19. The van der Waals surface area contributed by atoms with Gasteiger partial charge in [0, 0.05) is 16.8 Å². The fourth-order valence-corrected chi connectivity index (χ4v) is 2.14.